The molecule has 5 heteroatoms. The lowest BCUT2D eigenvalue weighted by atomic mass is 10.1. The highest BCUT2D eigenvalue weighted by Gasteiger charge is 2.08. The second kappa shape index (κ2) is 5.51. The van der Waals surface area contributed by atoms with Crippen LogP contribution in [-0.2, 0) is 0 Å². The van der Waals surface area contributed by atoms with Gasteiger partial charge in [0.25, 0.3) is 5.91 Å². The Kier molecular flexibility index (Phi) is 3.98. The first-order chi connectivity index (χ1) is 8.97. The zero-order chi connectivity index (χ0) is 14.0. The predicted octanol–water partition coefficient (Wildman–Crippen LogP) is 4.14. The molecule has 2 aromatic rings. The SMILES string of the molecule is Cc1cc(NC(=O)c2ccc(Cl)c(N)c2)ccc1Cl. The molecule has 0 radical (unpaired) electrons. The Morgan fingerprint density at radius 2 is 1.79 bits per heavy atom. The fraction of sp³-hybridized carbons (Fsp3) is 0.0714. The average molecular weight is 295 g/mol. The summed E-state index contributed by atoms with van der Waals surface area (Å²) in [6.07, 6.45) is 0. The third-order valence-corrected chi connectivity index (χ3v) is 3.44. The maximum Gasteiger partial charge on any atom is 0.255 e. The van der Waals surface area contributed by atoms with Gasteiger partial charge in [-0.3, -0.25) is 4.79 Å². The lowest BCUT2D eigenvalue weighted by Crippen LogP contribution is -2.12. The minimum absolute atomic E-state index is 0.245. The van der Waals surface area contributed by atoms with E-state index in [1.807, 2.05) is 6.92 Å². The summed E-state index contributed by atoms with van der Waals surface area (Å²) in [5.74, 6) is -0.245. The van der Waals surface area contributed by atoms with E-state index in [4.69, 9.17) is 28.9 Å². The quantitative estimate of drug-likeness (QED) is 0.818. The zero-order valence-electron chi connectivity index (χ0n) is 10.2. The molecule has 19 heavy (non-hydrogen) atoms. The van der Waals surface area contributed by atoms with Crippen LogP contribution >= 0.6 is 23.2 Å². The summed E-state index contributed by atoms with van der Waals surface area (Å²) in [6.45, 7) is 1.87. The van der Waals surface area contributed by atoms with E-state index in [1.54, 1.807) is 36.4 Å². The molecule has 1 amide bonds. The first-order valence-electron chi connectivity index (χ1n) is 5.60. The van der Waals surface area contributed by atoms with Gasteiger partial charge in [-0.25, -0.2) is 0 Å². The largest absolute Gasteiger partial charge is 0.398 e. The Morgan fingerprint density at radius 1 is 1.11 bits per heavy atom. The average Bonchev–Trinajstić information content (AvgIpc) is 2.37. The fourth-order valence-corrected chi connectivity index (χ4v) is 1.85. The van der Waals surface area contributed by atoms with Crippen LogP contribution in [0.25, 0.3) is 0 Å². The van der Waals surface area contributed by atoms with Gasteiger partial charge in [-0.15, -0.1) is 0 Å². The number of anilines is 2. The molecule has 3 nitrogen and oxygen atoms in total. The Hall–Kier alpha value is -1.71. The van der Waals surface area contributed by atoms with Crippen LogP contribution in [0, 0.1) is 6.92 Å². The topological polar surface area (TPSA) is 55.1 Å². The molecule has 0 spiro atoms. The van der Waals surface area contributed by atoms with Crippen LogP contribution in [0.2, 0.25) is 10.0 Å². The van der Waals surface area contributed by atoms with Crippen molar-refractivity contribution in [1.82, 2.24) is 0 Å². The predicted molar refractivity (Wildman–Crippen MR) is 80.0 cm³/mol. The maximum atomic E-state index is 12.0. The highest BCUT2D eigenvalue weighted by atomic mass is 35.5. The lowest BCUT2D eigenvalue weighted by Gasteiger charge is -2.08. The van der Waals surface area contributed by atoms with Crippen LogP contribution in [0.4, 0.5) is 11.4 Å². The van der Waals surface area contributed by atoms with Crippen LogP contribution in [0.15, 0.2) is 36.4 Å². The van der Waals surface area contributed by atoms with E-state index in [1.165, 1.54) is 0 Å². The summed E-state index contributed by atoms with van der Waals surface area (Å²) >= 11 is 11.7. The van der Waals surface area contributed by atoms with E-state index >= 15 is 0 Å². The number of carbonyl (C=O) groups is 1. The molecule has 2 aromatic carbocycles. The van der Waals surface area contributed by atoms with Gasteiger partial charge < -0.3 is 11.1 Å². The molecule has 0 atom stereocenters. The molecule has 98 valence electrons. The number of amides is 1. The molecule has 3 N–H and O–H groups in total. The first kappa shape index (κ1) is 13.7. The second-order valence-electron chi connectivity index (χ2n) is 4.15. The molecular formula is C14H12Cl2N2O. The zero-order valence-corrected chi connectivity index (χ0v) is 11.7. The number of halogens is 2. The van der Waals surface area contributed by atoms with Crippen molar-refractivity contribution < 1.29 is 4.79 Å². The van der Waals surface area contributed by atoms with Crippen molar-refractivity contribution >= 4 is 40.5 Å². The van der Waals surface area contributed by atoms with Crippen molar-refractivity contribution in [3.8, 4) is 0 Å². The van der Waals surface area contributed by atoms with Crippen molar-refractivity contribution in [2.45, 2.75) is 6.92 Å². The number of hydrogen-bond acceptors (Lipinski definition) is 2. The second-order valence-corrected chi connectivity index (χ2v) is 4.97. The van der Waals surface area contributed by atoms with E-state index in [9.17, 15) is 4.79 Å². The van der Waals surface area contributed by atoms with E-state index in [2.05, 4.69) is 5.32 Å². The summed E-state index contributed by atoms with van der Waals surface area (Å²) in [7, 11) is 0. The van der Waals surface area contributed by atoms with Gasteiger partial charge in [0.05, 0.1) is 10.7 Å². The molecule has 0 heterocycles. The number of nitrogens with two attached hydrogens (primary N) is 1. The van der Waals surface area contributed by atoms with Gasteiger partial charge in [0.1, 0.15) is 0 Å². The summed E-state index contributed by atoms with van der Waals surface area (Å²) in [5, 5.41) is 3.87. The fourth-order valence-electron chi connectivity index (χ4n) is 1.61. The van der Waals surface area contributed by atoms with Gasteiger partial charge >= 0.3 is 0 Å². The third-order valence-electron chi connectivity index (χ3n) is 2.67. The summed E-state index contributed by atoms with van der Waals surface area (Å²) in [6, 6.07) is 10.0. The Balaban J connectivity index is 2.20. The summed E-state index contributed by atoms with van der Waals surface area (Å²) in [4.78, 5) is 12.0. The Bertz CT molecular complexity index is 641. The number of hydrogen-bond donors (Lipinski definition) is 2. The van der Waals surface area contributed by atoms with Crippen LogP contribution in [0.3, 0.4) is 0 Å². The van der Waals surface area contributed by atoms with Gasteiger partial charge in [0.15, 0.2) is 0 Å². The van der Waals surface area contributed by atoms with E-state index in [0.717, 1.165) is 5.56 Å². The lowest BCUT2D eigenvalue weighted by molar-refractivity contribution is 0.102. The number of benzene rings is 2. The minimum Gasteiger partial charge on any atom is -0.398 e. The molecule has 0 unspecified atom stereocenters. The molecule has 0 saturated carbocycles. The molecular weight excluding hydrogens is 283 g/mol. The summed E-state index contributed by atoms with van der Waals surface area (Å²) in [5.41, 5.74) is 8.08. The molecule has 2 rings (SSSR count). The van der Waals surface area contributed by atoms with E-state index < -0.39 is 0 Å². The normalized spacial score (nSPS) is 10.3. The van der Waals surface area contributed by atoms with Crippen molar-refractivity contribution in [3.63, 3.8) is 0 Å². The molecule has 0 bridgehead atoms. The molecule has 0 aromatic heterocycles. The van der Waals surface area contributed by atoms with Crippen LogP contribution < -0.4 is 11.1 Å². The van der Waals surface area contributed by atoms with Crippen LogP contribution in [0.1, 0.15) is 15.9 Å². The highest BCUT2D eigenvalue weighted by molar-refractivity contribution is 6.33. The van der Waals surface area contributed by atoms with Crippen molar-refractivity contribution in [1.29, 1.82) is 0 Å². The van der Waals surface area contributed by atoms with Gasteiger partial charge in [0, 0.05) is 16.3 Å². The van der Waals surface area contributed by atoms with Crippen LogP contribution in [-0.4, -0.2) is 5.91 Å². The van der Waals surface area contributed by atoms with Gasteiger partial charge in [0.2, 0.25) is 0 Å². The molecule has 0 saturated heterocycles. The Morgan fingerprint density at radius 3 is 2.42 bits per heavy atom. The van der Waals surface area contributed by atoms with E-state index in [0.29, 0.717) is 27.0 Å². The first-order valence-corrected chi connectivity index (χ1v) is 6.35. The number of nitrogens with one attached hydrogen (secondary N) is 1. The van der Waals surface area contributed by atoms with Crippen LogP contribution in [0.5, 0.6) is 0 Å². The number of nitrogen functional groups attached to an aromatic ring is 1. The maximum absolute atomic E-state index is 12.0. The van der Waals surface area contributed by atoms with Gasteiger partial charge in [-0.2, -0.15) is 0 Å². The summed E-state index contributed by atoms with van der Waals surface area (Å²) < 4.78 is 0. The van der Waals surface area contributed by atoms with Gasteiger partial charge in [-0.05, 0) is 48.9 Å². The van der Waals surface area contributed by atoms with Crippen molar-refractivity contribution in [3.05, 3.63) is 57.6 Å². The number of carbonyl (C=O) groups excluding carboxylic acids is 1. The monoisotopic (exact) mass is 294 g/mol. The molecule has 0 aliphatic carbocycles. The molecule has 0 fully saturated rings. The molecule has 0 aliphatic rings. The van der Waals surface area contributed by atoms with Crippen molar-refractivity contribution in [2.75, 3.05) is 11.1 Å². The van der Waals surface area contributed by atoms with Gasteiger partial charge in [-0.1, -0.05) is 23.2 Å². The Labute approximate surface area is 121 Å². The number of aryl methyl sites for hydroxylation is 1. The third kappa shape index (κ3) is 3.19. The smallest absolute Gasteiger partial charge is 0.255 e. The van der Waals surface area contributed by atoms with E-state index in [-0.39, 0.29) is 5.91 Å². The standard InChI is InChI=1S/C14H12Cl2N2O/c1-8-6-10(3-5-11(8)15)18-14(19)9-2-4-12(16)13(17)7-9/h2-7H,17H2,1H3,(H,18,19). The van der Waals surface area contributed by atoms with Crippen molar-refractivity contribution in [2.24, 2.45) is 0 Å². The minimum atomic E-state index is -0.245. The highest BCUT2D eigenvalue weighted by Crippen LogP contribution is 2.22. The number of rotatable bonds is 2. The molecule has 0 aliphatic heterocycles.